The van der Waals surface area contributed by atoms with Crippen molar-refractivity contribution in [3.63, 3.8) is 0 Å². The Kier molecular flexibility index (Phi) is 5.58. The van der Waals surface area contributed by atoms with Gasteiger partial charge in [0.25, 0.3) is 11.8 Å². The molecule has 2 heterocycles. The third-order valence-corrected chi connectivity index (χ3v) is 7.53. The number of carbonyl (C=O) groups excluding carboxylic acids is 4. The number of aromatic nitrogens is 1. The standard InChI is InChI=1S/C25H30N4O5/c1-14-7-9-25(10-8-14)23(32)29(24(33)27-25)28-21(30)13-34-22(31)16-4-6-20-18(12-16)17-11-15(2)3-5-19(17)26-20/h4,6,12,14-15,26H,3,5,7-11,13H2,1-2H3,(H,27,33)(H,28,30)/t14?,15-,25?/m0/s1. The first-order valence-electron chi connectivity index (χ1n) is 12.0. The lowest BCUT2D eigenvalue weighted by atomic mass is 9.77. The Morgan fingerprint density at radius 3 is 2.68 bits per heavy atom. The second kappa shape index (κ2) is 8.45. The molecule has 2 fully saturated rings. The highest BCUT2D eigenvalue weighted by Crippen LogP contribution is 2.36. The van der Waals surface area contributed by atoms with Crippen LogP contribution in [0.5, 0.6) is 0 Å². The lowest BCUT2D eigenvalue weighted by molar-refractivity contribution is -0.141. The third kappa shape index (κ3) is 3.93. The first kappa shape index (κ1) is 22.4. The highest BCUT2D eigenvalue weighted by atomic mass is 16.5. The van der Waals surface area contributed by atoms with E-state index in [1.54, 1.807) is 12.1 Å². The van der Waals surface area contributed by atoms with E-state index in [4.69, 9.17) is 4.74 Å². The molecule has 1 saturated carbocycles. The summed E-state index contributed by atoms with van der Waals surface area (Å²) in [4.78, 5) is 53.6. The topological polar surface area (TPSA) is 121 Å². The van der Waals surface area contributed by atoms with E-state index in [-0.39, 0.29) is 0 Å². The van der Waals surface area contributed by atoms with Gasteiger partial charge in [-0.05, 0) is 80.5 Å². The fourth-order valence-corrected chi connectivity index (χ4v) is 5.41. The number of hydrazine groups is 1. The minimum atomic E-state index is -0.948. The van der Waals surface area contributed by atoms with Crippen LogP contribution < -0.4 is 10.7 Å². The number of hydrogen-bond acceptors (Lipinski definition) is 5. The van der Waals surface area contributed by atoms with E-state index >= 15 is 0 Å². The van der Waals surface area contributed by atoms with Gasteiger partial charge in [0, 0.05) is 16.6 Å². The van der Waals surface area contributed by atoms with Gasteiger partial charge in [-0.15, -0.1) is 0 Å². The summed E-state index contributed by atoms with van der Waals surface area (Å²) in [5.41, 5.74) is 5.14. The number of rotatable bonds is 4. The third-order valence-electron chi connectivity index (χ3n) is 7.53. The minimum absolute atomic E-state index is 0.352. The molecule has 9 heteroatoms. The van der Waals surface area contributed by atoms with Crippen LogP contribution in [0.25, 0.3) is 10.9 Å². The zero-order valence-corrected chi connectivity index (χ0v) is 19.5. The van der Waals surface area contributed by atoms with Gasteiger partial charge >= 0.3 is 12.0 Å². The van der Waals surface area contributed by atoms with Gasteiger partial charge in [-0.25, -0.2) is 9.59 Å². The summed E-state index contributed by atoms with van der Waals surface area (Å²) < 4.78 is 5.18. The van der Waals surface area contributed by atoms with E-state index in [1.165, 1.54) is 11.3 Å². The van der Waals surface area contributed by atoms with Crippen molar-refractivity contribution in [1.82, 2.24) is 20.7 Å². The Morgan fingerprint density at radius 1 is 1.15 bits per heavy atom. The van der Waals surface area contributed by atoms with E-state index < -0.39 is 36.0 Å². The highest BCUT2D eigenvalue weighted by Gasteiger charge is 2.52. The van der Waals surface area contributed by atoms with Crippen LogP contribution in [0.15, 0.2) is 18.2 Å². The summed E-state index contributed by atoms with van der Waals surface area (Å²) >= 11 is 0. The minimum Gasteiger partial charge on any atom is -0.452 e. The molecule has 1 aromatic carbocycles. The zero-order valence-electron chi connectivity index (χ0n) is 19.5. The number of esters is 1. The van der Waals surface area contributed by atoms with Crippen molar-refractivity contribution in [2.24, 2.45) is 11.8 Å². The molecule has 34 heavy (non-hydrogen) atoms. The van der Waals surface area contributed by atoms with Gasteiger partial charge in [-0.3, -0.25) is 15.0 Å². The molecule has 2 aromatic rings. The van der Waals surface area contributed by atoms with Crippen LogP contribution in [0.1, 0.15) is 67.6 Å². The predicted molar refractivity (Wildman–Crippen MR) is 124 cm³/mol. The summed E-state index contributed by atoms with van der Waals surface area (Å²) in [5.74, 6) is -0.746. The van der Waals surface area contributed by atoms with Gasteiger partial charge in [0.15, 0.2) is 6.61 Å². The molecule has 9 nitrogen and oxygen atoms in total. The molecule has 5 rings (SSSR count). The maximum absolute atomic E-state index is 12.9. The van der Waals surface area contributed by atoms with Crippen molar-refractivity contribution in [2.45, 2.75) is 64.3 Å². The number of aryl methyl sites for hydroxylation is 1. The quantitative estimate of drug-likeness (QED) is 0.473. The number of urea groups is 1. The largest absolute Gasteiger partial charge is 0.452 e. The second-order valence-corrected chi connectivity index (χ2v) is 10.1. The number of hydrogen-bond donors (Lipinski definition) is 3. The van der Waals surface area contributed by atoms with Gasteiger partial charge in [-0.1, -0.05) is 13.8 Å². The van der Waals surface area contributed by atoms with Crippen molar-refractivity contribution in [3.05, 3.63) is 35.0 Å². The molecule has 2 aliphatic carbocycles. The van der Waals surface area contributed by atoms with Gasteiger partial charge in [0.1, 0.15) is 5.54 Å². The average Bonchev–Trinajstić information content (AvgIpc) is 3.29. The second-order valence-electron chi connectivity index (χ2n) is 10.1. The van der Waals surface area contributed by atoms with E-state index in [1.807, 2.05) is 6.07 Å². The van der Waals surface area contributed by atoms with Crippen LogP contribution in [-0.2, 0) is 27.2 Å². The molecular formula is C25H30N4O5. The maximum atomic E-state index is 12.9. The Balaban J connectivity index is 1.21. The van der Waals surface area contributed by atoms with Gasteiger partial charge in [0.05, 0.1) is 5.56 Å². The maximum Gasteiger partial charge on any atom is 0.344 e. The molecular weight excluding hydrogens is 436 g/mol. The molecule has 1 spiro atoms. The van der Waals surface area contributed by atoms with Crippen molar-refractivity contribution in [3.8, 4) is 0 Å². The average molecular weight is 467 g/mol. The Morgan fingerprint density at radius 2 is 1.91 bits per heavy atom. The van der Waals surface area contributed by atoms with Crippen LogP contribution in [0.4, 0.5) is 4.79 Å². The zero-order chi connectivity index (χ0) is 24.0. The molecule has 4 amide bonds. The number of imide groups is 1. The summed E-state index contributed by atoms with van der Waals surface area (Å²) in [5, 5.41) is 4.46. The van der Waals surface area contributed by atoms with Gasteiger partial charge in [-0.2, -0.15) is 5.01 Å². The van der Waals surface area contributed by atoms with Gasteiger partial charge in [0.2, 0.25) is 0 Å². The fraction of sp³-hybridized carbons (Fsp3) is 0.520. The molecule has 1 aliphatic heterocycles. The van der Waals surface area contributed by atoms with E-state index in [9.17, 15) is 19.2 Å². The summed E-state index contributed by atoms with van der Waals surface area (Å²) in [6.07, 6.45) is 5.85. The first-order chi connectivity index (χ1) is 16.3. The van der Waals surface area contributed by atoms with Crippen LogP contribution >= 0.6 is 0 Å². The summed E-state index contributed by atoms with van der Waals surface area (Å²) in [6.45, 7) is 3.74. The van der Waals surface area contributed by atoms with E-state index in [2.05, 4.69) is 29.6 Å². The Bertz CT molecular complexity index is 1180. The molecule has 0 bridgehead atoms. The normalized spacial score (nSPS) is 26.5. The molecule has 0 radical (unpaired) electrons. The Hall–Kier alpha value is -3.36. The van der Waals surface area contributed by atoms with Gasteiger partial charge < -0.3 is 15.0 Å². The smallest absolute Gasteiger partial charge is 0.344 e. The molecule has 180 valence electrons. The number of carbonyl (C=O) groups is 4. The number of nitrogens with one attached hydrogen (secondary N) is 3. The summed E-state index contributed by atoms with van der Waals surface area (Å²) in [6, 6.07) is 4.66. The van der Waals surface area contributed by atoms with E-state index in [0.29, 0.717) is 35.2 Å². The molecule has 1 aromatic heterocycles. The number of H-pyrrole nitrogens is 1. The van der Waals surface area contributed by atoms with E-state index in [0.717, 1.165) is 43.0 Å². The first-order valence-corrected chi connectivity index (χ1v) is 12.0. The fourth-order valence-electron chi connectivity index (χ4n) is 5.41. The number of aromatic amines is 1. The lowest BCUT2D eigenvalue weighted by Crippen LogP contribution is -2.52. The molecule has 3 aliphatic rings. The molecule has 3 N–H and O–H groups in total. The van der Waals surface area contributed by atoms with Crippen LogP contribution in [0.2, 0.25) is 0 Å². The number of amides is 4. The van der Waals surface area contributed by atoms with Crippen LogP contribution in [0.3, 0.4) is 0 Å². The number of fused-ring (bicyclic) bond motifs is 3. The molecule has 1 atom stereocenters. The van der Waals surface area contributed by atoms with Crippen molar-refractivity contribution in [1.29, 1.82) is 0 Å². The number of nitrogens with zero attached hydrogens (tertiary/aromatic N) is 1. The monoisotopic (exact) mass is 466 g/mol. The predicted octanol–water partition coefficient (Wildman–Crippen LogP) is 2.98. The SMILES string of the molecule is CC1CCC2(CC1)NC(=O)N(NC(=O)COC(=O)c1ccc3[nH]c4c(c3c1)C[C@@H](C)CC4)C2=O. The van der Waals surface area contributed by atoms with Crippen LogP contribution in [0, 0.1) is 11.8 Å². The highest BCUT2D eigenvalue weighted by molar-refractivity contribution is 6.08. The Labute approximate surface area is 197 Å². The van der Waals surface area contributed by atoms with Crippen LogP contribution in [-0.4, -0.2) is 46.0 Å². The summed E-state index contributed by atoms with van der Waals surface area (Å²) in [7, 11) is 0. The number of benzene rings is 1. The van der Waals surface area contributed by atoms with Crippen molar-refractivity contribution < 1.29 is 23.9 Å². The molecule has 0 unspecified atom stereocenters. The molecule has 1 saturated heterocycles. The lowest BCUT2D eigenvalue weighted by Gasteiger charge is -2.33. The van der Waals surface area contributed by atoms with Crippen molar-refractivity contribution >= 4 is 34.7 Å². The van der Waals surface area contributed by atoms with Crippen molar-refractivity contribution in [2.75, 3.05) is 6.61 Å². The number of ether oxygens (including phenoxy) is 1.